The zero-order chi connectivity index (χ0) is 14.7. The number of rotatable bonds is 3. The molecule has 116 valence electrons. The van der Waals surface area contributed by atoms with Crippen LogP contribution in [0.4, 0.5) is 0 Å². The first-order valence-corrected chi connectivity index (χ1v) is 8.86. The molecule has 3 heterocycles. The van der Waals surface area contributed by atoms with Crippen molar-refractivity contribution in [1.82, 2.24) is 25.2 Å². The highest BCUT2D eigenvalue weighted by Gasteiger charge is 2.26. The number of carbonyl (C=O) groups excluding carboxylic acids is 1. The number of carbonyl (C=O) groups is 1. The van der Waals surface area contributed by atoms with Crippen molar-refractivity contribution in [2.24, 2.45) is 0 Å². The minimum absolute atomic E-state index is 0.0361. The molecule has 1 amide bonds. The van der Waals surface area contributed by atoms with E-state index in [2.05, 4.69) is 22.6 Å². The van der Waals surface area contributed by atoms with Crippen molar-refractivity contribution in [2.75, 3.05) is 31.9 Å². The molecule has 3 rings (SSSR count). The molecule has 0 spiro atoms. The molecule has 2 fully saturated rings. The largest absolute Gasteiger partial charge is 0.335 e. The zero-order valence-corrected chi connectivity index (χ0v) is 13.3. The summed E-state index contributed by atoms with van der Waals surface area (Å²) in [7, 11) is 0. The molecule has 0 aliphatic carbocycles. The number of hydrogen-bond donors (Lipinski definition) is 1. The van der Waals surface area contributed by atoms with Gasteiger partial charge in [-0.3, -0.25) is 4.79 Å². The molecule has 0 radical (unpaired) electrons. The Bertz CT molecular complexity index is 485. The highest BCUT2D eigenvalue weighted by molar-refractivity contribution is 8.00. The first-order chi connectivity index (χ1) is 10.3. The Labute approximate surface area is 129 Å². The summed E-state index contributed by atoms with van der Waals surface area (Å²) in [5, 5.41) is 12.2. The molecule has 1 N–H and O–H groups in total. The van der Waals surface area contributed by atoms with E-state index in [0.29, 0.717) is 17.0 Å². The molecule has 1 aromatic heterocycles. The van der Waals surface area contributed by atoms with Crippen LogP contribution in [-0.2, 0) is 0 Å². The maximum absolute atomic E-state index is 12.5. The van der Waals surface area contributed by atoms with Crippen molar-refractivity contribution < 1.29 is 4.79 Å². The molecule has 1 atom stereocenters. The summed E-state index contributed by atoms with van der Waals surface area (Å²) in [4.78, 5) is 14.5. The van der Waals surface area contributed by atoms with Crippen molar-refractivity contribution in [3.63, 3.8) is 0 Å². The van der Waals surface area contributed by atoms with E-state index in [1.807, 2.05) is 27.5 Å². The first kappa shape index (κ1) is 14.8. The van der Waals surface area contributed by atoms with Crippen LogP contribution in [-0.4, -0.2) is 63.0 Å². The highest BCUT2D eigenvalue weighted by atomic mass is 32.2. The number of hydrogen-bond acceptors (Lipinski definition) is 5. The van der Waals surface area contributed by atoms with Gasteiger partial charge in [0.25, 0.3) is 5.91 Å². The molecule has 2 aliphatic heterocycles. The van der Waals surface area contributed by atoms with E-state index in [9.17, 15) is 4.79 Å². The summed E-state index contributed by atoms with van der Waals surface area (Å²) in [6.45, 7) is 5.85. The van der Waals surface area contributed by atoms with Crippen LogP contribution >= 0.6 is 11.8 Å². The molecule has 0 saturated carbocycles. The van der Waals surface area contributed by atoms with E-state index in [1.165, 1.54) is 0 Å². The van der Waals surface area contributed by atoms with Crippen LogP contribution in [0.25, 0.3) is 0 Å². The Morgan fingerprint density at radius 2 is 2.29 bits per heavy atom. The third-order valence-electron chi connectivity index (χ3n) is 4.29. The number of piperidine rings is 1. The van der Waals surface area contributed by atoms with Crippen molar-refractivity contribution in [3.8, 4) is 0 Å². The second kappa shape index (κ2) is 6.79. The molecule has 21 heavy (non-hydrogen) atoms. The van der Waals surface area contributed by atoms with E-state index in [1.54, 1.807) is 0 Å². The van der Waals surface area contributed by atoms with Gasteiger partial charge in [-0.2, -0.15) is 11.8 Å². The van der Waals surface area contributed by atoms with Gasteiger partial charge in [0.1, 0.15) is 0 Å². The van der Waals surface area contributed by atoms with Crippen LogP contribution in [0.15, 0.2) is 6.20 Å². The minimum atomic E-state index is 0.0361. The van der Waals surface area contributed by atoms with Gasteiger partial charge in [0.05, 0.1) is 12.2 Å². The maximum Gasteiger partial charge on any atom is 0.276 e. The van der Waals surface area contributed by atoms with Crippen molar-refractivity contribution >= 4 is 17.7 Å². The summed E-state index contributed by atoms with van der Waals surface area (Å²) in [5.41, 5.74) is 0.496. The average Bonchev–Trinajstić information content (AvgIpc) is 3.05. The Morgan fingerprint density at radius 3 is 3.05 bits per heavy atom. The van der Waals surface area contributed by atoms with Gasteiger partial charge >= 0.3 is 0 Å². The highest BCUT2D eigenvalue weighted by Crippen LogP contribution is 2.22. The van der Waals surface area contributed by atoms with Crippen molar-refractivity contribution in [2.45, 2.75) is 37.5 Å². The molecular weight excluding hydrogens is 286 g/mol. The fourth-order valence-corrected chi connectivity index (χ4v) is 4.12. The first-order valence-electron chi connectivity index (χ1n) is 7.81. The molecule has 7 heteroatoms. The summed E-state index contributed by atoms with van der Waals surface area (Å²) in [6, 6.07) is 0.376. The number of amides is 1. The topological polar surface area (TPSA) is 63.1 Å². The van der Waals surface area contributed by atoms with E-state index < -0.39 is 0 Å². The van der Waals surface area contributed by atoms with Gasteiger partial charge in [-0.25, -0.2) is 4.68 Å². The molecule has 6 nitrogen and oxygen atoms in total. The minimum Gasteiger partial charge on any atom is -0.335 e. The van der Waals surface area contributed by atoms with Gasteiger partial charge in [-0.15, -0.1) is 5.10 Å². The Morgan fingerprint density at radius 1 is 1.48 bits per heavy atom. The summed E-state index contributed by atoms with van der Waals surface area (Å²) >= 11 is 1.97. The van der Waals surface area contributed by atoms with Crippen molar-refractivity contribution in [3.05, 3.63) is 11.9 Å². The van der Waals surface area contributed by atoms with E-state index in [0.717, 1.165) is 51.2 Å². The Hall–Kier alpha value is -1.08. The van der Waals surface area contributed by atoms with Gasteiger partial charge in [-0.1, -0.05) is 12.1 Å². The van der Waals surface area contributed by atoms with Crippen LogP contribution in [0.1, 0.15) is 42.7 Å². The maximum atomic E-state index is 12.5. The van der Waals surface area contributed by atoms with Gasteiger partial charge < -0.3 is 10.2 Å². The zero-order valence-electron chi connectivity index (χ0n) is 12.5. The second-order valence-corrected chi connectivity index (χ2v) is 7.13. The predicted molar refractivity (Wildman–Crippen MR) is 83.6 cm³/mol. The normalized spacial score (nSPS) is 24.2. The van der Waals surface area contributed by atoms with Crippen LogP contribution in [0.3, 0.4) is 0 Å². The van der Waals surface area contributed by atoms with Crippen LogP contribution < -0.4 is 5.32 Å². The average molecular weight is 309 g/mol. The molecular formula is C14H23N5OS. The Balaban J connectivity index is 1.66. The van der Waals surface area contributed by atoms with E-state index in [-0.39, 0.29) is 5.91 Å². The number of thioether (sulfide) groups is 1. The molecule has 0 bridgehead atoms. The second-order valence-electron chi connectivity index (χ2n) is 5.72. The third-order valence-corrected chi connectivity index (χ3v) is 5.67. The summed E-state index contributed by atoms with van der Waals surface area (Å²) in [5.74, 6) is 1.06. The Kier molecular flexibility index (Phi) is 4.80. The lowest BCUT2D eigenvalue weighted by Crippen LogP contribution is -2.41. The van der Waals surface area contributed by atoms with Gasteiger partial charge in [0.15, 0.2) is 5.69 Å². The van der Waals surface area contributed by atoms with Crippen LogP contribution in [0.5, 0.6) is 0 Å². The van der Waals surface area contributed by atoms with Crippen LogP contribution in [0, 0.1) is 0 Å². The lowest BCUT2D eigenvalue weighted by molar-refractivity contribution is 0.0755. The summed E-state index contributed by atoms with van der Waals surface area (Å²) in [6.07, 6.45) is 5.04. The molecule has 2 saturated heterocycles. The third kappa shape index (κ3) is 3.40. The SMILES string of the molecule is CC[C@H]1CN(C(=O)c2cn(C3CCNCC3)nn2)CCS1. The van der Waals surface area contributed by atoms with Gasteiger partial charge in [0.2, 0.25) is 0 Å². The quantitative estimate of drug-likeness (QED) is 0.908. The molecule has 2 aliphatic rings. The molecule has 0 aromatic carbocycles. The number of nitrogens with one attached hydrogen (secondary N) is 1. The number of nitrogens with zero attached hydrogens (tertiary/aromatic N) is 4. The smallest absolute Gasteiger partial charge is 0.276 e. The van der Waals surface area contributed by atoms with Crippen molar-refractivity contribution in [1.29, 1.82) is 0 Å². The monoisotopic (exact) mass is 309 g/mol. The standard InChI is InChI=1S/C14H23N5OS/c1-2-12-9-18(7-8-21-12)14(20)13-10-19(17-16-13)11-3-5-15-6-4-11/h10-12,15H,2-9H2,1H3/t12-/m0/s1. The lowest BCUT2D eigenvalue weighted by atomic mass is 10.1. The van der Waals surface area contributed by atoms with E-state index in [4.69, 9.17) is 0 Å². The predicted octanol–water partition coefficient (Wildman–Crippen LogP) is 1.17. The van der Waals surface area contributed by atoms with Gasteiger partial charge in [-0.05, 0) is 32.4 Å². The fourth-order valence-electron chi connectivity index (χ4n) is 2.94. The molecule has 0 unspecified atom stereocenters. The summed E-state index contributed by atoms with van der Waals surface area (Å²) < 4.78 is 1.88. The van der Waals surface area contributed by atoms with Gasteiger partial charge in [0, 0.05) is 24.1 Å². The fraction of sp³-hybridized carbons (Fsp3) is 0.786. The lowest BCUT2D eigenvalue weighted by Gasteiger charge is -2.31. The molecule has 1 aromatic rings. The van der Waals surface area contributed by atoms with Crippen LogP contribution in [0.2, 0.25) is 0 Å². The van der Waals surface area contributed by atoms with E-state index >= 15 is 0 Å². The number of aromatic nitrogens is 3.